The van der Waals surface area contributed by atoms with Crippen LogP contribution in [0.5, 0.6) is 0 Å². The molecule has 0 aromatic carbocycles. The SMILES string of the molecule is CC1(C)S[C@H]([C@H](NC(=O)CCC(=O)[C-]2[C-][C-][C-][C-]2)C(=O)O)N[C@H]1C(=O)O.[C]1=[C][C-][C]=[C]1.[Ru]. The first kappa shape index (κ1) is 28.3. The summed E-state index contributed by atoms with van der Waals surface area (Å²) in [6.45, 7) is 3.37. The fraction of sp³-hybridized carbons (Fsp3) is 0.364. The summed E-state index contributed by atoms with van der Waals surface area (Å²) in [5, 5.41) is 22.9. The summed E-state index contributed by atoms with van der Waals surface area (Å²) in [6.07, 6.45) is 22.1. The Morgan fingerprint density at radius 2 is 1.72 bits per heavy atom. The maximum atomic E-state index is 12.0. The number of rotatable bonds is 8. The minimum Gasteiger partial charge on any atom is -0.997 e. The van der Waals surface area contributed by atoms with Crippen molar-refractivity contribution in [3.05, 3.63) is 62.3 Å². The van der Waals surface area contributed by atoms with Crippen molar-refractivity contribution in [1.29, 1.82) is 0 Å². The smallest absolute Gasteiger partial charge is 0.328 e. The van der Waals surface area contributed by atoms with E-state index in [0.717, 1.165) is 11.8 Å². The van der Waals surface area contributed by atoms with Crippen LogP contribution in [0, 0.1) is 62.3 Å². The second-order valence-corrected chi connectivity index (χ2v) is 8.68. The molecular weight excluding hydrogens is 521 g/mol. The third-order valence-corrected chi connectivity index (χ3v) is 5.70. The van der Waals surface area contributed by atoms with Gasteiger partial charge in [-0.05, 0) is 20.3 Å². The van der Waals surface area contributed by atoms with Gasteiger partial charge in [0.15, 0.2) is 6.04 Å². The number of ketones is 1. The van der Waals surface area contributed by atoms with Crippen molar-refractivity contribution in [2.24, 2.45) is 0 Å². The zero-order valence-corrected chi connectivity index (χ0v) is 19.5. The number of nitrogens with one attached hydrogen (secondary N) is 2. The Balaban J connectivity index is 0.000000750. The van der Waals surface area contributed by atoms with E-state index in [4.69, 9.17) is 0 Å². The zero-order valence-electron chi connectivity index (χ0n) is 16.9. The van der Waals surface area contributed by atoms with Gasteiger partial charge in [0.05, 0.1) is 5.37 Å². The average Bonchev–Trinajstić information content (AvgIpc) is 3.45. The second-order valence-electron chi connectivity index (χ2n) is 6.89. The molecule has 9 radical (unpaired) electrons. The Labute approximate surface area is 205 Å². The van der Waals surface area contributed by atoms with Gasteiger partial charge in [-0.2, -0.15) is 18.6 Å². The summed E-state index contributed by atoms with van der Waals surface area (Å²) in [4.78, 5) is 46.7. The van der Waals surface area contributed by atoms with E-state index in [1.807, 2.05) is 0 Å². The van der Waals surface area contributed by atoms with Crippen molar-refractivity contribution < 1.29 is 48.9 Å². The monoisotopic (exact) mass is 539 g/mol. The predicted molar refractivity (Wildman–Crippen MR) is 106 cm³/mol. The molecule has 1 saturated heterocycles. The first-order chi connectivity index (χ1) is 14.6. The molecule has 3 aliphatic rings. The molecule has 4 N–H and O–H groups in total. The average molecular weight is 539 g/mol. The molecule has 0 aromatic heterocycles. The molecule has 8 nitrogen and oxygen atoms in total. The van der Waals surface area contributed by atoms with E-state index in [0.29, 0.717) is 0 Å². The van der Waals surface area contributed by atoms with Crippen LogP contribution in [0.25, 0.3) is 0 Å². The Hall–Kier alpha value is -1.77. The van der Waals surface area contributed by atoms with E-state index < -0.39 is 40.1 Å². The standard InChI is InChI=1S/C17H17N2O6S.C5.Ru/c1-17(2)13(16(24)25)19-14(26-17)12(15(22)23)18-11(21)8-7-10(20)9-5-3-4-6-9;1-2-4-5-3-1;/h12-14,19H,7-8H2,1-2H3,(H,18,21)(H,22,23)(H,24,25);;/q-5;-1;/t12-,13-,14+;;/m0../s1. The maximum absolute atomic E-state index is 12.0. The molecule has 171 valence electrons. The van der Waals surface area contributed by atoms with Crippen LogP contribution in [0.4, 0.5) is 0 Å². The third kappa shape index (κ3) is 8.30. The Bertz CT molecular complexity index is 739. The van der Waals surface area contributed by atoms with Crippen molar-refractivity contribution in [3.63, 3.8) is 0 Å². The Kier molecular flexibility index (Phi) is 11.5. The number of Topliss-reactive ketones (excluding diaryl/α,β-unsaturated/α-hetero) is 1. The molecule has 32 heavy (non-hydrogen) atoms. The van der Waals surface area contributed by atoms with Crippen LogP contribution in [0.2, 0.25) is 0 Å². The van der Waals surface area contributed by atoms with E-state index in [1.54, 1.807) is 13.8 Å². The number of carbonyl (C=O) groups is 4. The number of allylic oxidation sites excluding steroid dienone is 4. The molecule has 3 rings (SSSR count). The van der Waals surface area contributed by atoms with E-state index >= 15 is 0 Å². The van der Waals surface area contributed by atoms with Gasteiger partial charge >= 0.3 is 11.9 Å². The van der Waals surface area contributed by atoms with Crippen LogP contribution in [0.3, 0.4) is 0 Å². The molecule has 0 bridgehead atoms. The van der Waals surface area contributed by atoms with Gasteiger partial charge in [-0.25, -0.2) is 16.9 Å². The van der Waals surface area contributed by atoms with Gasteiger partial charge in [-0.15, -0.1) is 11.8 Å². The fourth-order valence-electron chi connectivity index (χ4n) is 2.71. The Morgan fingerprint density at radius 1 is 1.12 bits per heavy atom. The molecule has 0 unspecified atom stereocenters. The molecule has 1 aliphatic heterocycles. The zero-order chi connectivity index (χ0) is 23.0. The molecule has 2 aliphatic carbocycles. The first-order valence-electron chi connectivity index (χ1n) is 8.98. The number of hydrogen-bond donors (Lipinski definition) is 4. The molecule has 10 heteroatoms. The van der Waals surface area contributed by atoms with Crippen LogP contribution in [0.15, 0.2) is 0 Å². The van der Waals surface area contributed by atoms with Gasteiger partial charge in [0, 0.05) is 30.6 Å². The number of hydrogen-bond acceptors (Lipinski definition) is 6. The quantitative estimate of drug-likeness (QED) is 0.253. The summed E-state index contributed by atoms with van der Waals surface area (Å²) in [5.41, 5.74) is 0. The Morgan fingerprint density at radius 3 is 2.16 bits per heavy atom. The van der Waals surface area contributed by atoms with Crippen molar-refractivity contribution in [2.75, 3.05) is 0 Å². The molecule has 0 spiro atoms. The summed E-state index contributed by atoms with van der Waals surface area (Å²) in [7, 11) is 0. The molecular formula is C22H17N2O6RuS-6. The second kappa shape index (κ2) is 13.1. The number of carboxylic acids is 2. The number of aliphatic carboxylic acids is 2. The van der Waals surface area contributed by atoms with Crippen LogP contribution >= 0.6 is 11.8 Å². The number of amides is 1. The van der Waals surface area contributed by atoms with Gasteiger partial charge in [0.25, 0.3) is 0 Å². The number of carboxylic acid groups (broad SMARTS) is 2. The third-order valence-electron chi connectivity index (χ3n) is 4.20. The summed E-state index contributed by atoms with van der Waals surface area (Å²) < 4.78 is -0.749. The van der Waals surface area contributed by atoms with Gasteiger partial charge < -0.3 is 51.9 Å². The summed E-state index contributed by atoms with van der Waals surface area (Å²) >= 11 is 1.13. The van der Waals surface area contributed by atoms with E-state index in [9.17, 15) is 29.4 Å². The summed E-state index contributed by atoms with van der Waals surface area (Å²) in [6, 6.07) is -2.28. The summed E-state index contributed by atoms with van der Waals surface area (Å²) in [5.74, 6) is -3.24. The van der Waals surface area contributed by atoms with Gasteiger partial charge in [-0.3, -0.25) is 14.9 Å². The largest absolute Gasteiger partial charge is 0.997 e. The van der Waals surface area contributed by atoms with Gasteiger partial charge in [-0.1, -0.05) is 5.78 Å². The van der Waals surface area contributed by atoms with Crippen molar-refractivity contribution >= 4 is 35.4 Å². The van der Waals surface area contributed by atoms with Gasteiger partial charge in [0.2, 0.25) is 5.91 Å². The first-order valence-corrected chi connectivity index (χ1v) is 9.86. The maximum Gasteiger partial charge on any atom is 0.328 e. The number of carbonyl (C=O) groups excluding carboxylic acids is 2. The molecule has 1 amide bonds. The molecule has 0 aromatic rings. The minimum atomic E-state index is -1.33. The molecule has 3 atom stereocenters. The number of thioether (sulfide) groups is 1. The van der Waals surface area contributed by atoms with Crippen molar-refractivity contribution in [2.45, 2.75) is 48.9 Å². The van der Waals surface area contributed by atoms with Crippen LogP contribution in [0.1, 0.15) is 26.7 Å². The van der Waals surface area contributed by atoms with E-state index in [2.05, 4.69) is 67.0 Å². The van der Waals surface area contributed by atoms with E-state index in [-0.39, 0.29) is 44.0 Å². The normalized spacial score (nSPS) is 23.4. The predicted octanol–water partition coefficient (Wildman–Crippen LogP) is 0.117. The van der Waals surface area contributed by atoms with Crippen molar-refractivity contribution in [3.8, 4) is 0 Å². The van der Waals surface area contributed by atoms with Crippen LogP contribution in [-0.4, -0.2) is 56.0 Å². The molecule has 1 saturated carbocycles. The minimum absolute atomic E-state index is 0. The molecule has 1 heterocycles. The van der Waals surface area contributed by atoms with Crippen LogP contribution < -0.4 is 10.6 Å². The topological polar surface area (TPSA) is 133 Å². The fourth-order valence-corrected chi connectivity index (χ4v) is 4.19. The molecule has 2 fully saturated rings. The van der Waals surface area contributed by atoms with Gasteiger partial charge in [0.1, 0.15) is 6.04 Å². The van der Waals surface area contributed by atoms with Crippen molar-refractivity contribution in [1.82, 2.24) is 10.6 Å². The van der Waals surface area contributed by atoms with Crippen LogP contribution in [-0.2, 0) is 38.7 Å². The van der Waals surface area contributed by atoms with E-state index in [1.165, 1.54) is 0 Å².